The van der Waals surface area contributed by atoms with Crippen LogP contribution in [0.3, 0.4) is 0 Å². The molecular weight excluding hydrogens is 451 g/mol. The third kappa shape index (κ3) is 4.26. The number of hydrogen-bond donors (Lipinski definition) is 1. The average molecular weight is 483 g/mol. The molecule has 0 spiro atoms. The molecule has 1 aromatic heterocycles. The predicted molar refractivity (Wildman–Crippen MR) is 128 cm³/mol. The summed E-state index contributed by atoms with van der Waals surface area (Å²) in [5.74, 6) is -1.03. The van der Waals surface area contributed by atoms with E-state index in [9.17, 15) is 18.8 Å². The normalized spacial score (nSPS) is 22.9. The summed E-state index contributed by atoms with van der Waals surface area (Å²) in [6.45, 7) is 4.16. The Hall–Kier alpha value is -3.43. The third-order valence-corrected chi connectivity index (χ3v) is 7.66. The van der Waals surface area contributed by atoms with Crippen LogP contribution in [0.15, 0.2) is 30.3 Å². The van der Waals surface area contributed by atoms with E-state index in [0.717, 1.165) is 31.4 Å². The number of amides is 3. The first kappa shape index (κ1) is 23.3. The number of nitrogens with one attached hydrogen (secondary N) is 1. The first-order valence-electron chi connectivity index (χ1n) is 12.2. The highest BCUT2D eigenvalue weighted by molar-refractivity contribution is 6.01. The van der Waals surface area contributed by atoms with Gasteiger partial charge in [0, 0.05) is 51.0 Å². The smallest absolute Gasteiger partial charge is 0.274 e. The lowest BCUT2D eigenvalue weighted by Gasteiger charge is -2.41. The predicted octanol–water partition coefficient (Wildman–Crippen LogP) is 1.89. The summed E-state index contributed by atoms with van der Waals surface area (Å²) < 4.78 is 14.7. The molecule has 1 saturated carbocycles. The van der Waals surface area contributed by atoms with Crippen LogP contribution in [0.25, 0.3) is 0 Å². The van der Waals surface area contributed by atoms with Crippen LogP contribution in [0.2, 0.25) is 0 Å². The van der Waals surface area contributed by atoms with E-state index in [1.165, 1.54) is 27.8 Å². The molecule has 1 N–H and O–H groups in total. The van der Waals surface area contributed by atoms with Gasteiger partial charge in [-0.05, 0) is 44.0 Å². The van der Waals surface area contributed by atoms with Gasteiger partial charge in [0.15, 0.2) is 5.69 Å². The van der Waals surface area contributed by atoms with Crippen molar-refractivity contribution in [2.75, 3.05) is 38.1 Å². The van der Waals surface area contributed by atoms with Crippen molar-refractivity contribution in [3.05, 3.63) is 47.5 Å². The molecule has 3 heterocycles. The molecule has 1 saturated heterocycles. The number of nitrogens with zero attached hydrogens (tertiary/aromatic N) is 5. The first-order valence-corrected chi connectivity index (χ1v) is 12.2. The van der Waals surface area contributed by atoms with Crippen LogP contribution < -0.4 is 10.2 Å². The third-order valence-electron chi connectivity index (χ3n) is 7.66. The lowest BCUT2D eigenvalue weighted by molar-refractivity contribution is -0.133. The van der Waals surface area contributed by atoms with Crippen LogP contribution >= 0.6 is 0 Å². The molecule has 2 aliphatic heterocycles. The summed E-state index contributed by atoms with van der Waals surface area (Å²) in [6, 6.07) is 8.00. The van der Waals surface area contributed by atoms with E-state index in [1.807, 2.05) is 0 Å². The van der Waals surface area contributed by atoms with Crippen molar-refractivity contribution in [2.45, 2.75) is 50.7 Å². The Balaban J connectivity index is 1.28. The van der Waals surface area contributed by atoms with E-state index in [1.54, 1.807) is 31.0 Å². The minimum absolute atomic E-state index is 0.146. The molecule has 3 amide bonds. The maximum absolute atomic E-state index is 13.2. The summed E-state index contributed by atoms with van der Waals surface area (Å²) in [7, 11) is 1.63. The molecule has 5 rings (SSSR count). The zero-order valence-corrected chi connectivity index (χ0v) is 20.2. The van der Waals surface area contributed by atoms with Crippen LogP contribution in [-0.4, -0.2) is 82.1 Å². The van der Waals surface area contributed by atoms with Crippen molar-refractivity contribution < 1.29 is 18.8 Å². The Bertz CT molecular complexity index is 1130. The van der Waals surface area contributed by atoms with Crippen LogP contribution in [0.4, 0.5) is 10.1 Å². The van der Waals surface area contributed by atoms with Gasteiger partial charge < -0.3 is 20.0 Å². The highest BCUT2D eigenvalue weighted by Crippen LogP contribution is 2.28. The number of likely N-dealkylation sites (N-methyl/N-ethyl adjacent to an activating group) is 1. The van der Waals surface area contributed by atoms with Gasteiger partial charge in [0.05, 0.1) is 6.54 Å². The number of rotatable bonds is 4. The standard InChI is InChI=1S/C25H31FN6O3/c1-25(24(35)27-18-5-3-4-6-18)16-32-21(23(34)29(25)2)15-20(28-32)22(33)31-13-11-30(12-14-31)19-9-7-17(26)8-10-19/h7-10,15,18H,3-6,11-14,16H2,1-2H3,(H,27,35). The summed E-state index contributed by atoms with van der Waals surface area (Å²) in [6.07, 6.45) is 4.12. The van der Waals surface area contributed by atoms with Gasteiger partial charge in [-0.25, -0.2) is 4.39 Å². The molecule has 2 fully saturated rings. The van der Waals surface area contributed by atoms with Crippen LogP contribution in [0.1, 0.15) is 53.6 Å². The SMILES string of the molecule is CN1C(=O)c2cc(C(=O)N3CCN(c4ccc(F)cc4)CC3)nn2CC1(C)C(=O)NC1CCCC1. The Morgan fingerprint density at radius 1 is 1.09 bits per heavy atom. The quantitative estimate of drug-likeness (QED) is 0.719. The Morgan fingerprint density at radius 3 is 2.40 bits per heavy atom. The maximum atomic E-state index is 13.2. The molecule has 0 bridgehead atoms. The maximum Gasteiger partial charge on any atom is 0.274 e. The van der Waals surface area contributed by atoms with Gasteiger partial charge in [0.1, 0.15) is 17.1 Å². The van der Waals surface area contributed by atoms with Gasteiger partial charge >= 0.3 is 0 Å². The highest BCUT2D eigenvalue weighted by Gasteiger charge is 2.47. The van der Waals surface area contributed by atoms with Crippen molar-refractivity contribution >= 4 is 23.4 Å². The largest absolute Gasteiger partial charge is 0.368 e. The van der Waals surface area contributed by atoms with Gasteiger partial charge in [-0.2, -0.15) is 5.10 Å². The van der Waals surface area contributed by atoms with Gasteiger partial charge in [0.25, 0.3) is 11.8 Å². The molecule has 1 unspecified atom stereocenters. The van der Waals surface area contributed by atoms with Gasteiger partial charge in [-0.15, -0.1) is 0 Å². The molecular formula is C25H31FN6O3. The monoisotopic (exact) mass is 482 g/mol. The molecule has 1 aliphatic carbocycles. The van der Waals surface area contributed by atoms with E-state index >= 15 is 0 Å². The number of benzene rings is 1. The van der Waals surface area contributed by atoms with Crippen LogP contribution in [-0.2, 0) is 11.3 Å². The second kappa shape index (κ2) is 8.98. The number of aromatic nitrogens is 2. The number of halogens is 1. The van der Waals surface area contributed by atoms with E-state index in [-0.39, 0.29) is 41.8 Å². The highest BCUT2D eigenvalue weighted by atomic mass is 19.1. The van der Waals surface area contributed by atoms with Crippen molar-refractivity contribution in [2.24, 2.45) is 0 Å². The Kier molecular flexibility index (Phi) is 5.98. The summed E-state index contributed by atoms with van der Waals surface area (Å²) in [4.78, 5) is 44.8. The van der Waals surface area contributed by atoms with E-state index in [0.29, 0.717) is 31.9 Å². The minimum Gasteiger partial charge on any atom is -0.368 e. The lowest BCUT2D eigenvalue weighted by atomic mass is 9.95. The molecule has 9 nitrogen and oxygen atoms in total. The van der Waals surface area contributed by atoms with Crippen molar-refractivity contribution in [3.8, 4) is 0 Å². The molecule has 186 valence electrons. The van der Waals surface area contributed by atoms with E-state index in [4.69, 9.17) is 0 Å². The number of hydrogen-bond acceptors (Lipinski definition) is 5. The van der Waals surface area contributed by atoms with Crippen molar-refractivity contribution in [3.63, 3.8) is 0 Å². The van der Waals surface area contributed by atoms with Crippen LogP contribution in [0.5, 0.6) is 0 Å². The van der Waals surface area contributed by atoms with Crippen molar-refractivity contribution in [1.29, 1.82) is 0 Å². The number of carbonyl (C=O) groups is 3. The summed E-state index contributed by atoms with van der Waals surface area (Å²) in [5, 5.41) is 7.55. The molecule has 1 atom stereocenters. The zero-order chi connectivity index (χ0) is 24.7. The number of carbonyl (C=O) groups excluding carboxylic acids is 3. The summed E-state index contributed by atoms with van der Waals surface area (Å²) >= 11 is 0. The van der Waals surface area contributed by atoms with Gasteiger partial charge in [-0.1, -0.05) is 12.8 Å². The Morgan fingerprint density at radius 2 is 1.74 bits per heavy atom. The molecule has 2 aromatic rings. The molecule has 3 aliphatic rings. The van der Waals surface area contributed by atoms with E-state index in [2.05, 4.69) is 15.3 Å². The molecule has 35 heavy (non-hydrogen) atoms. The minimum atomic E-state index is -1.08. The lowest BCUT2D eigenvalue weighted by Crippen LogP contribution is -2.63. The fourth-order valence-corrected chi connectivity index (χ4v) is 5.22. The van der Waals surface area contributed by atoms with Crippen LogP contribution in [0, 0.1) is 5.82 Å². The second-order valence-electron chi connectivity index (χ2n) is 9.92. The van der Waals surface area contributed by atoms with Gasteiger partial charge in [-0.3, -0.25) is 19.1 Å². The molecule has 1 aromatic carbocycles. The number of fused-ring (bicyclic) bond motifs is 1. The Labute approximate surface area is 203 Å². The summed E-state index contributed by atoms with van der Waals surface area (Å²) in [5.41, 5.74) is 0.351. The van der Waals surface area contributed by atoms with E-state index < -0.39 is 5.54 Å². The van der Waals surface area contributed by atoms with Crippen molar-refractivity contribution in [1.82, 2.24) is 24.9 Å². The topological polar surface area (TPSA) is 90.8 Å². The average Bonchev–Trinajstić information content (AvgIpc) is 3.53. The fourth-order valence-electron chi connectivity index (χ4n) is 5.22. The molecule has 0 radical (unpaired) electrons. The number of piperazine rings is 1. The van der Waals surface area contributed by atoms with Gasteiger partial charge in [0.2, 0.25) is 5.91 Å². The first-order chi connectivity index (χ1) is 16.8. The molecule has 10 heteroatoms. The number of anilines is 1. The fraction of sp³-hybridized carbons (Fsp3) is 0.520. The zero-order valence-electron chi connectivity index (χ0n) is 20.2. The second-order valence-corrected chi connectivity index (χ2v) is 9.92.